The van der Waals surface area contributed by atoms with Crippen molar-refractivity contribution in [1.82, 2.24) is 5.32 Å². The molecular formula is C25H30N2O3. The Bertz CT molecular complexity index is 873. The Kier molecular flexibility index (Phi) is 6.67. The molecule has 2 amide bonds. The first kappa shape index (κ1) is 20.5. The molecule has 2 N–H and O–H groups in total. The van der Waals surface area contributed by atoms with Crippen LogP contribution in [-0.4, -0.2) is 25.0 Å². The van der Waals surface area contributed by atoms with Gasteiger partial charge in [-0.05, 0) is 86.3 Å². The topological polar surface area (TPSA) is 67.4 Å². The van der Waals surface area contributed by atoms with Gasteiger partial charge in [-0.1, -0.05) is 18.2 Å². The maximum Gasteiger partial charge on any atom is 0.251 e. The van der Waals surface area contributed by atoms with Gasteiger partial charge in [0.1, 0.15) is 5.75 Å². The molecule has 30 heavy (non-hydrogen) atoms. The van der Waals surface area contributed by atoms with Gasteiger partial charge in [0.2, 0.25) is 5.91 Å². The van der Waals surface area contributed by atoms with Crippen molar-refractivity contribution >= 4 is 17.5 Å². The number of amides is 2. The summed E-state index contributed by atoms with van der Waals surface area (Å²) in [6.45, 7) is 1.51. The summed E-state index contributed by atoms with van der Waals surface area (Å²) in [6, 6.07) is 15.5. The molecule has 158 valence electrons. The summed E-state index contributed by atoms with van der Waals surface area (Å²) in [4.78, 5) is 24.0. The zero-order valence-corrected chi connectivity index (χ0v) is 17.4. The minimum atomic E-state index is -0.0203. The molecule has 0 aromatic heterocycles. The Labute approximate surface area is 178 Å². The first-order valence-electron chi connectivity index (χ1n) is 11.1. The lowest BCUT2D eigenvalue weighted by Gasteiger charge is -2.28. The molecule has 2 aliphatic rings. The van der Waals surface area contributed by atoms with E-state index < -0.39 is 0 Å². The summed E-state index contributed by atoms with van der Waals surface area (Å²) in [7, 11) is 0. The number of carbonyl (C=O) groups is 2. The molecule has 0 atom stereocenters. The minimum Gasteiger partial charge on any atom is -0.494 e. The fourth-order valence-electron chi connectivity index (χ4n) is 4.45. The number of hydrogen-bond donors (Lipinski definition) is 2. The third-order valence-electron chi connectivity index (χ3n) is 6.32. The average Bonchev–Trinajstić information content (AvgIpc) is 2.78. The van der Waals surface area contributed by atoms with E-state index in [0.29, 0.717) is 24.3 Å². The van der Waals surface area contributed by atoms with E-state index in [-0.39, 0.29) is 11.8 Å². The van der Waals surface area contributed by atoms with Gasteiger partial charge in [-0.15, -0.1) is 0 Å². The van der Waals surface area contributed by atoms with Crippen molar-refractivity contribution in [2.24, 2.45) is 11.8 Å². The molecule has 0 unspecified atom stereocenters. The number of carbonyl (C=O) groups excluding carboxylic acids is 2. The molecule has 2 aromatic carbocycles. The van der Waals surface area contributed by atoms with E-state index in [1.54, 1.807) is 6.07 Å². The van der Waals surface area contributed by atoms with Crippen LogP contribution in [0.3, 0.4) is 0 Å². The lowest BCUT2D eigenvalue weighted by atomic mass is 9.80. The van der Waals surface area contributed by atoms with Gasteiger partial charge in [-0.2, -0.15) is 0 Å². The monoisotopic (exact) mass is 406 g/mol. The normalized spacial score (nSPS) is 20.7. The van der Waals surface area contributed by atoms with E-state index in [1.807, 2.05) is 42.5 Å². The largest absolute Gasteiger partial charge is 0.494 e. The molecule has 1 aliphatic heterocycles. The van der Waals surface area contributed by atoms with Gasteiger partial charge < -0.3 is 15.4 Å². The predicted octanol–water partition coefficient (Wildman–Crippen LogP) is 4.58. The van der Waals surface area contributed by atoms with Crippen LogP contribution >= 0.6 is 0 Å². The van der Waals surface area contributed by atoms with Gasteiger partial charge in [0.15, 0.2) is 0 Å². The number of rotatable bonds is 7. The summed E-state index contributed by atoms with van der Waals surface area (Å²) in [6.07, 6.45) is 7.01. The number of para-hydroxylation sites is 1. The fraction of sp³-hybridized carbons (Fsp3) is 0.440. The van der Waals surface area contributed by atoms with Crippen LogP contribution in [0.5, 0.6) is 5.75 Å². The number of benzene rings is 2. The van der Waals surface area contributed by atoms with E-state index in [4.69, 9.17) is 4.74 Å². The molecular weight excluding hydrogens is 376 g/mol. The minimum absolute atomic E-state index is 0.0203. The summed E-state index contributed by atoms with van der Waals surface area (Å²) in [5, 5.41) is 5.97. The smallest absolute Gasteiger partial charge is 0.251 e. The molecule has 0 bridgehead atoms. The van der Waals surface area contributed by atoms with Crippen molar-refractivity contribution in [3.8, 4) is 5.75 Å². The Morgan fingerprint density at radius 2 is 1.77 bits per heavy atom. The molecule has 0 spiro atoms. The number of nitrogens with one attached hydrogen (secondary N) is 2. The van der Waals surface area contributed by atoms with E-state index in [2.05, 4.69) is 10.6 Å². The molecule has 5 nitrogen and oxygen atoms in total. The van der Waals surface area contributed by atoms with E-state index in [9.17, 15) is 9.59 Å². The van der Waals surface area contributed by atoms with Crippen LogP contribution in [0.1, 0.15) is 54.4 Å². The highest BCUT2D eigenvalue weighted by molar-refractivity contribution is 5.97. The lowest BCUT2D eigenvalue weighted by Crippen LogP contribution is -2.31. The number of fused-ring (bicyclic) bond motifs is 1. The zero-order chi connectivity index (χ0) is 20.8. The van der Waals surface area contributed by atoms with Crippen LogP contribution in [0.4, 0.5) is 5.69 Å². The van der Waals surface area contributed by atoms with Crippen LogP contribution in [0.2, 0.25) is 0 Å². The Morgan fingerprint density at radius 1 is 1.00 bits per heavy atom. The van der Waals surface area contributed by atoms with Gasteiger partial charge in [-0.25, -0.2) is 0 Å². The van der Waals surface area contributed by atoms with Crippen LogP contribution in [0.15, 0.2) is 48.5 Å². The Hall–Kier alpha value is -2.82. The van der Waals surface area contributed by atoms with Crippen LogP contribution in [-0.2, 0) is 11.2 Å². The maximum atomic E-state index is 12.6. The van der Waals surface area contributed by atoms with Gasteiger partial charge in [0.25, 0.3) is 5.91 Å². The summed E-state index contributed by atoms with van der Waals surface area (Å²) < 4.78 is 5.83. The highest BCUT2D eigenvalue weighted by atomic mass is 16.5. The molecule has 1 aliphatic carbocycles. The lowest BCUT2D eigenvalue weighted by molar-refractivity contribution is -0.116. The number of ether oxygens (including phenoxy) is 1. The van der Waals surface area contributed by atoms with Gasteiger partial charge in [0.05, 0.1) is 6.61 Å². The standard InChI is InChI=1S/C25H30N2O3/c28-24-13-11-20-16-21(10-12-23(20)27-24)25(29)26-17-19-8-6-18(7-9-19)14-15-30-22-4-2-1-3-5-22/h1-5,10,12,16,18-19H,6-9,11,13-15,17H2,(H,26,29)(H,27,28)/t18-,19+. The van der Waals surface area contributed by atoms with Crippen molar-refractivity contribution in [2.75, 3.05) is 18.5 Å². The quantitative estimate of drug-likeness (QED) is 0.707. The second-order valence-electron chi connectivity index (χ2n) is 8.47. The van der Waals surface area contributed by atoms with E-state index in [1.165, 1.54) is 12.8 Å². The third-order valence-corrected chi connectivity index (χ3v) is 6.32. The van der Waals surface area contributed by atoms with Crippen LogP contribution in [0.25, 0.3) is 0 Å². The highest BCUT2D eigenvalue weighted by Crippen LogP contribution is 2.31. The molecule has 1 heterocycles. The Balaban J connectivity index is 1.17. The van der Waals surface area contributed by atoms with Crippen molar-refractivity contribution in [3.05, 3.63) is 59.7 Å². The van der Waals surface area contributed by atoms with E-state index in [0.717, 1.165) is 55.3 Å². The summed E-state index contributed by atoms with van der Waals surface area (Å²) in [5.74, 6) is 2.24. The van der Waals surface area contributed by atoms with Gasteiger partial charge in [0, 0.05) is 24.2 Å². The third kappa shape index (κ3) is 5.41. The summed E-state index contributed by atoms with van der Waals surface area (Å²) >= 11 is 0. The first-order valence-corrected chi connectivity index (χ1v) is 11.1. The molecule has 1 fully saturated rings. The van der Waals surface area contributed by atoms with Gasteiger partial charge in [-0.3, -0.25) is 9.59 Å². The number of aryl methyl sites for hydroxylation is 1. The fourth-order valence-corrected chi connectivity index (χ4v) is 4.45. The summed E-state index contributed by atoms with van der Waals surface area (Å²) in [5.41, 5.74) is 2.55. The van der Waals surface area contributed by atoms with Crippen molar-refractivity contribution < 1.29 is 14.3 Å². The predicted molar refractivity (Wildman–Crippen MR) is 118 cm³/mol. The van der Waals surface area contributed by atoms with E-state index >= 15 is 0 Å². The average molecular weight is 407 g/mol. The molecule has 4 rings (SSSR count). The first-order chi connectivity index (χ1) is 14.7. The second kappa shape index (κ2) is 9.79. The molecule has 2 aromatic rings. The number of hydrogen-bond acceptors (Lipinski definition) is 3. The van der Waals surface area contributed by atoms with Crippen molar-refractivity contribution in [1.29, 1.82) is 0 Å². The highest BCUT2D eigenvalue weighted by Gasteiger charge is 2.22. The zero-order valence-electron chi connectivity index (χ0n) is 17.4. The Morgan fingerprint density at radius 3 is 2.57 bits per heavy atom. The SMILES string of the molecule is O=C1CCc2cc(C(=O)NC[C@H]3CC[C@@H](CCOc4ccccc4)CC3)ccc2N1. The van der Waals surface area contributed by atoms with Crippen LogP contribution in [0, 0.1) is 11.8 Å². The van der Waals surface area contributed by atoms with Crippen LogP contribution < -0.4 is 15.4 Å². The van der Waals surface area contributed by atoms with Crippen molar-refractivity contribution in [2.45, 2.75) is 44.9 Å². The number of anilines is 1. The van der Waals surface area contributed by atoms with Crippen molar-refractivity contribution in [3.63, 3.8) is 0 Å². The second-order valence-corrected chi connectivity index (χ2v) is 8.47. The molecule has 0 saturated heterocycles. The van der Waals surface area contributed by atoms with Gasteiger partial charge >= 0.3 is 0 Å². The molecule has 0 radical (unpaired) electrons. The molecule has 5 heteroatoms. The maximum absolute atomic E-state index is 12.6. The molecule has 1 saturated carbocycles.